The normalized spacial score (nSPS) is 17.2. The molecule has 15 heavy (non-hydrogen) atoms. The fraction of sp³-hybridized carbons (Fsp3) is 0.545. The molecular weight excluding hydrogens is 214 g/mol. The van der Waals surface area contributed by atoms with Crippen LogP contribution in [0.5, 0.6) is 0 Å². The molecule has 0 saturated carbocycles. The van der Waals surface area contributed by atoms with Gasteiger partial charge in [0, 0.05) is 12.1 Å². The van der Waals surface area contributed by atoms with Crippen molar-refractivity contribution in [3.63, 3.8) is 0 Å². The van der Waals surface area contributed by atoms with Crippen LogP contribution in [-0.4, -0.2) is 24.5 Å². The zero-order valence-electron chi connectivity index (χ0n) is 8.70. The average Bonchev–Trinajstić information content (AvgIpc) is 2.69. The molecule has 0 N–H and O–H groups in total. The van der Waals surface area contributed by atoms with Crippen LogP contribution in [0, 0.1) is 6.92 Å². The molecule has 2 rings (SSSR count). The van der Waals surface area contributed by atoms with E-state index in [2.05, 4.69) is 4.98 Å². The van der Waals surface area contributed by atoms with Crippen LogP contribution in [0.3, 0.4) is 0 Å². The van der Waals surface area contributed by atoms with Crippen LogP contribution >= 0.6 is 11.6 Å². The van der Waals surface area contributed by atoms with Crippen molar-refractivity contribution in [3.8, 4) is 0 Å². The summed E-state index contributed by atoms with van der Waals surface area (Å²) < 4.78 is 10.7. The topological polar surface area (TPSA) is 31.4 Å². The van der Waals surface area contributed by atoms with E-state index < -0.39 is 0 Å². The van der Waals surface area contributed by atoms with E-state index in [4.69, 9.17) is 21.1 Å². The third kappa shape index (κ3) is 2.91. The Labute approximate surface area is 94.4 Å². The van der Waals surface area contributed by atoms with Crippen molar-refractivity contribution in [2.45, 2.75) is 26.1 Å². The molecule has 4 heteroatoms. The fourth-order valence-corrected chi connectivity index (χ4v) is 1.88. The van der Waals surface area contributed by atoms with Gasteiger partial charge in [-0.2, -0.15) is 0 Å². The maximum absolute atomic E-state index is 6.02. The van der Waals surface area contributed by atoms with E-state index >= 15 is 0 Å². The fourth-order valence-electron chi connectivity index (χ4n) is 1.59. The molecule has 1 saturated heterocycles. The summed E-state index contributed by atoms with van der Waals surface area (Å²) in [6, 6.07) is 3.98. The molecule has 0 aromatic carbocycles. The number of hydrogen-bond acceptors (Lipinski definition) is 3. The van der Waals surface area contributed by atoms with Gasteiger partial charge >= 0.3 is 0 Å². The molecule has 1 aromatic heterocycles. The summed E-state index contributed by atoms with van der Waals surface area (Å²) in [6.45, 7) is 3.33. The third-order valence-corrected chi connectivity index (χ3v) is 2.73. The second kappa shape index (κ2) is 4.92. The first kappa shape index (κ1) is 10.9. The predicted octanol–water partition coefficient (Wildman–Crippen LogP) is 2.35. The Hall–Kier alpha value is -0.640. The lowest BCUT2D eigenvalue weighted by atomic mass is 10.1. The summed E-state index contributed by atoms with van der Waals surface area (Å²) in [5.41, 5.74) is 2.00. The minimum Gasteiger partial charge on any atom is -0.350 e. The van der Waals surface area contributed by atoms with Crippen molar-refractivity contribution in [1.29, 1.82) is 0 Å². The number of rotatable bonds is 3. The number of aryl methyl sites for hydroxylation is 2. The molecule has 2 heterocycles. The van der Waals surface area contributed by atoms with Crippen LogP contribution in [0.1, 0.15) is 17.7 Å². The molecular formula is C11H14ClNO2. The third-order valence-electron chi connectivity index (χ3n) is 2.41. The Balaban J connectivity index is 1.92. The van der Waals surface area contributed by atoms with E-state index in [-0.39, 0.29) is 6.29 Å². The second-order valence-corrected chi connectivity index (χ2v) is 3.97. The van der Waals surface area contributed by atoms with Gasteiger partial charge in [-0.05, 0) is 25.0 Å². The van der Waals surface area contributed by atoms with Crippen LogP contribution in [0.25, 0.3) is 0 Å². The lowest BCUT2D eigenvalue weighted by Crippen LogP contribution is -2.09. The maximum Gasteiger partial charge on any atom is 0.158 e. The summed E-state index contributed by atoms with van der Waals surface area (Å²) in [4.78, 5) is 4.20. The van der Waals surface area contributed by atoms with E-state index in [1.807, 2.05) is 19.1 Å². The monoisotopic (exact) mass is 227 g/mol. The Kier molecular flexibility index (Phi) is 3.57. The lowest BCUT2D eigenvalue weighted by Gasteiger charge is -2.09. The molecule has 1 fully saturated rings. The minimum atomic E-state index is -0.0673. The lowest BCUT2D eigenvalue weighted by molar-refractivity contribution is -0.0462. The van der Waals surface area contributed by atoms with Crippen molar-refractivity contribution in [2.24, 2.45) is 0 Å². The van der Waals surface area contributed by atoms with Crippen LogP contribution in [0.2, 0.25) is 5.15 Å². The molecule has 1 aliphatic rings. The van der Waals surface area contributed by atoms with Crippen molar-refractivity contribution < 1.29 is 9.47 Å². The highest BCUT2D eigenvalue weighted by molar-refractivity contribution is 6.30. The van der Waals surface area contributed by atoms with Gasteiger partial charge in [0.05, 0.1) is 13.2 Å². The molecule has 0 bridgehead atoms. The van der Waals surface area contributed by atoms with Gasteiger partial charge < -0.3 is 9.47 Å². The Bertz CT molecular complexity index is 337. The van der Waals surface area contributed by atoms with Crippen LogP contribution < -0.4 is 0 Å². The summed E-state index contributed by atoms with van der Waals surface area (Å²) in [7, 11) is 0. The molecule has 0 atom stereocenters. The van der Waals surface area contributed by atoms with Gasteiger partial charge in [0.1, 0.15) is 5.15 Å². The Morgan fingerprint density at radius 1 is 1.40 bits per heavy atom. The van der Waals surface area contributed by atoms with Gasteiger partial charge in [-0.1, -0.05) is 17.7 Å². The number of halogens is 1. The van der Waals surface area contributed by atoms with Crippen molar-refractivity contribution >= 4 is 11.6 Å². The maximum atomic E-state index is 6.02. The first-order valence-electron chi connectivity index (χ1n) is 5.11. The number of nitrogens with zero attached hydrogens (tertiary/aromatic N) is 1. The van der Waals surface area contributed by atoms with Gasteiger partial charge in [-0.3, -0.25) is 0 Å². The Morgan fingerprint density at radius 3 is 2.80 bits per heavy atom. The second-order valence-electron chi connectivity index (χ2n) is 3.61. The first-order chi connectivity index (χ1) is 7.25. The Morgan fingerprint density at radius 2 is 2.13 bits per heavy atom. The van der Waals surface area contributed by atoms with E-state index in [9.17, 15) is 0 Å². The molecule has 0 aliphatic carbocycles. The van der Waals surface area contributed by atoms with Crippen LogP contribution in [0.4, 0.5) is 0 Å². The van der Waals surface area contributed by atoms with E-state index in [0.717, 1.165) is 24.1 Å². The van der Waals surface area contributed by atoms with E-state index in [0.29, 0.717) is 18.4 Å². The van der Waals surface area contributed by atoms with E-state index in [1.165, 1.54) is 0 Å². The van der Waals surface area contributed by atoms with Gasteiger partial charge in [-0.15, -0.1) is 0 Å². The smallest absolute Gasteiger partial charge is 0.158 e. The van der Waals surface area contributed by atoms with Crippen molar-refractivity contribution in [3.05, 3.63) is 28.5 Å². The molecule has 0 unspecified atom stereocenters. The molecule has 82 valence electrons. The highest BCUT2D eigenvalue weighted by atomic mass is 35.5. The summed E-state index contributed by atoms with van der Waals surface area (Å²) in [5.74, 6) is 0. The molecule has 1 aromatic rings. The molecule has 1 aliphatic heterocycles. The number of pyridine rings is 1. The summed E-state index contributed by atoms with van der Waals surface area (Å²) >= 11 is 6.02. The van der Waals surface area contributed by atoms with Crippen molar-refractivity contribution in [1.82, 2.24) is 4.98 Å². The SMILES string of the molecule is Cc1ccc(CCC2OCCO2)c(Cl)n1. The van der Waals surface area contributed by atoms with Crippen LogP contribution in [0.15, 0.2) is 12.1 Å². The van der Waals surface area contributed by atoms with Gasteiger partial charge in [-0.25, -0.2) is 4.98 Å². The van der Waals surface area contributed by atoms with Gasteiger partial charge in [0.15, 0.2) is 6.29 Å². The zero-order valence-corrected chi connectivity index (χ0v) is 9.46. The van der Waals surface area contributed by atoms with Crippen molar-refractivity contribution in [2.75, 3.05) is 13.2 Å². The predicted molar refractivity (Wildman–Crippen MR) is 58.0 cm³/mol. The molecule has 0 spiro atoms. The highest BCUT2D eigenvalue weighted by Crippen LogP contribution is 2.18. The minimum absolute atomic E-state index is 0.0673. The first-order valence-corrected chi connectivity index (χ1v) is 5.49. The molecule has 0 amide bonds. The largest absolute Gasteiger partial charge is 0.350 e. The molecule has 0 radical (unpaired) electrons. The van der Waals surface area contributed by atoms with Gasteiger partial charge in [0.2, 0.25) is 0 Å². The quantitative estimate of drug-likeness (QED) is 0.743. The standard InChI is InChI=1S/C11H14ClNO2/c1-8-2-3-9(11(12)13-8)4-5-10-14-6-7-15-10/h2-3,10H,4-7H2,1H3. The van der Waals surface area contributed by atoms with Gasteiger partial charge in [0.25, 0.3) is 0 Å². The number of hydrogen-bond donors (Lipinski definition) is 0. The average molecular weight is 228 g/mol. The summed E-state index contributed by atoms with van der Waals surface area (Å²) in [6.07, 6.45) is 1.61. The summed E-state index contributed by atoms with van der Waals surface area (Å²) in [5, 5.41) is 0.591. The zero-order chi connectivity index (χ0) is 10.7. The number of ether oxygens (including phenoxy) is 2. The molecule has 3 nitrogen and oxygen atoms in total. The van der Waals surface area contributed by atoms with E-state index in [1.54, 1.807) is 0 Å². The van der Waals surface area contributed by atoms with Crippen LogP contribution in [-0.2, 0) is 15.9 Å². The highest BCUT2D eigenvalue weighted by Gasteiger charge is 2.16. The number of aromatic nitrogens is 1.